The van der Waals surface area contributed by atoms with Crippen LogP contribution >= 0.6 is 11.6 Å². The zero-order valence-electron chi connectivity index (χ0n) is 6.60. The molecule has 0 atom stereocenters. The summed E-state index contributed by atoms with van der Waals surface area (Å²) in [4.78, 5) is 3.57. The van der Waals surface area contributed by atoms with E-state index in [1.165, 1.54) is 0 Å². The number of hydrogen-bond donors (Lipinski definition) is 2. The number of nitrogens with zero attached hydrogens (tertiary/aromatic N) is 1. The highest BCUT2D eigenvalue weighted by atomic mass is 35.5. The van der Waals surface area contributed by atoms with Gasteiger partial charge in [-0.25, -0.2) is 13.8 Å². The Morgan fingerprint density at radius 1 is 1.54 bits per heavy atom. The van der Waals surface area contributed by atoms with E-state index < -0.39 is 12.1 Å². The molecule has 1 aromatic heterocycles. The van der Waals surface area contributed by atoms with Gasteiger partial charge in [0.1, 0.15) is 5.69 Å². The van der Waals surface area contributed by atoms with Crippen LogP contribution in [0.15, 0.2) is 6.07 Å². The number of nitrogens with two attached hydrogens (primary N) is 2. The highest BCUT2D eigenvalue weighted by Gasteiger charge is 2.13. The van der Waals surface area contributed by atoms with E-state index in [1.807, 2.05) is 0 Å². The molecule has 0 radical (unpaired) electrons. The van der Waals surface area contributed by atoms with Crippen molar-refractivity contribution in [2.75, 3.05) is 5.73 Å². The van der Waals surface area contributed by atoms with Gasteiger partial charge in [-0.1, -0.05) is 11.6 Å². The molecule has 1 rings (SSSR count). The summed E-state index contributed by atoms with van der Waals surface area (Å²) in [6.07, 6.45) is -2.66. The highest BCUT2D eigenvalue weighted by Crippen LogP contribution is 2.26. The molecular weight excluding hydrogens is 200 g/mol. The third kappa shape index (κ3) is 2.05. The van der Waals surface area contributed by atoms with Crippen molar-refractivity contribution >= 4 is 17.3 Å². The minimum Gasteiger partial charge on any atom is -0.396 e. The zero-order chi connectivity index (χ0) is 10.0. The van der Waals surface area contributed by atoms with Crippen molar-refractivity contribution in [2.45, 2.75) is 13.0 Å². The Balaban J connectivity index is 3.22. The number of hydrogen-bond acceptors (Lipinski definition) is 3. The number of alkyl halides is 2. The van der Waals surface area contributed by atoms with E-state index >= 15 is 0 Å². The van der Waals surface area contributed by atoms with Gasteiger partial charge in [0.25, 0.3) is 6.43 Å². The van der Waals surface area contributed by atoms with E-state index in [4.69, 9.17) is 23.1 Å². The van der Waals surface area contributed by atoms with E-state index in [1.54, 1.807) is 0 Å². The Kier molecular flexibility index (Phi) is 3.00. The molecule has 1 heterocycles. The van der Waals surface area contributed by atoms with Crippen molar-refractivity contribution in [2.24, 2.45) is 5.73 Å². The van der Waals surface area contributed by atoms with Gasteiger partial charge in [-0.3, -0.25) is 0 Å². The number of aromatic nitrogens is 1. The van der Waals surface area contributed by atoms with Crippen LogP contribution in [0.25, 0.3) is 0 Å². The fourth-order valence-electron chi connectivity index (χ4n) is 0.861. The maximum atomic E-state index is 12.2. The van der Waals surface area contributed by atoms with Crippen molar-refractivity contribution in [3.8, 4) is 0 Å². The Morgan fingerprint density at radius 3 is 2.62 bits per heavy atom. The molecule has 0 aliphatic rings. The van der Waals surface area contributed by atoms with Crippen LogP contribution in [0.2, 0.25) is 5.02 Å². The van der Waals surface area contributed by atoms with Gasteiger partial charge < -0.3 is 11.5 Å². The molecule has 3 nitrogen and oxygen atoms in total. The van der Waals surface area contributed by atoms with Gasteiger partial charge in [0, 0.05) is 6.54 Å². The SMILES string of the molecule is NCc1nc(C(F)F)cc(Cl)c1N. The minimum absolute atomic E-state index is 0.00782. The molecule has 1 aromatic rings. The lowest BCUT2D eigenvalue weighted by Crippen LogP contribution is -2.07. The Morgan fingerprint density at radius 2 is 2.15 bits per heavy atom. The van der Waals surface area contributed by atoms with Crippen LogP contribution in [-0.4, -0.2) is 4.98 Å². The van der Waals surface area contributed by atoms with E-state index in [2.05, 4.69) is 4.98 Å². The quantitative estimate of drug-likeness (QED) is 0.776. The number of anilines is 1. The second-order valence-electron chi connectivity index (χ2n) is 2.39. The summed E-state index contributed by atoms with van der Waals surface area (Å²) in [5, 5.41) is 0.0609. The summed E-state index contributed by atoms with van der Waals surface area (Å²) in [7, 11) is 0. The predicted molar refractivity (Wildman–Crippen MR) is 46.5 cm³/mol. The molecule has 0 saturated heterocycles. The second-order valence-corrected chi connectivity index (χ2v) is 2.80. The van der Waals surface area contributed by atoms with Crippen LogP contribution in [-0.2, 0) is 6.54 Å². The molecule has 0 spiro atoms. The molecule has 72 valence electrons. The van der Waals surface area contributed by atoms with Gasteiger partial charge >= 0.3 is 0 Å². The molecule has 0 aromatic carbocycles. The summed E-state index contributed by atoms with van der Waals surface area (Å²) in [5.41, 5.74) is 10.6. The second kappa shape index (κ2) is 3.85. The van der Waals surface area contributed by atoms with Gasteiger partial charge in [0.15, 0.2) is 0 Å². The van der Waals surface area contributed by atoms with Crippen LogP contribution in [0.3, 0.4) is 0 Å². The molecule has 13 heavy (non-hydrogen) atoms. The lowest BCUT2D eigenvalue weighted by atomic mass is 10.2. The van der Waals surface area contributed by atoms with Crippen LogP contribution in [0, 0.1) is 0 Å². The van der Waals surface area contributed by atoms with Gasteiger partial charge in [-0.2, -0.15) is 0 Å². The summed E-state index contributed by atoms with van der Waals surface area (Å²) in [6, 6.07) is 1.04. The first-order chi connectivity index (χ1) is 6.06. The molecule has 0 unspecified atom stereocenters. The van der Waals surface area contributed by atoms with Crippen LogP contribution in [0.1, 0.15) is 17.8 Å². The topological polar surface area (TPSA) is 64.9 Å². The van der Waals surface area contributed by atoms with Gasteiger partial charge in [0.05, 0.1) is 16.4 Å². The first-order valence-electron chi connectivity index (χ1n) is 3.49. The number of rotatable bonds is 2. The first kappa shape index (κ1) is 10.1. The minimum atomic E-state index is -2.66. The Hall–Kier alpha value is -0.940. The van der Waals surface area contributed by atoms with E-state index in [0.717, 1.165) is 6.07 Å². The van der Waals surface area contributed by atoms with Crippen molar-refractivity contribution < 1.29 is 8.78 Å². The smallest absolute Gasteiger partial charge is 0.280 e. The normalized spacial score (nSPS) is 10.8. The number of pyridine rings is 1. The van der Waals surface area contributed by atoms with Crippen LogP contribution in [0.4, 0.5) is 14.5 Å². The molecule has 0 fully saturated rings. The summed E-state index contributed by atoms with van der Waals surface area (Å²) < 4.78 is 24.4. The third-order valence-corrected chi connectivity index (χ3v) is 1.84. The molecular formula is C7H8ClF2N3. The summed E-state index contributed by atoms with van der Waals surface area (Å²) >= 11 is 5.59. The fraction of sp³-hybridized carbons (Fsp3) is 0.286. The standard InChI is InChI=1S/C7H8ClF2N3/c8-3-1-4(7(9)10)13-5(2-11)6(3)12/h1,7H,2,11-12H2. The van der Waals surface area contributed by atoms with E-state index in [-0.39, 0.29) is 22.9 Å². The fourth-order valence-corrected chi connectivity index (χ4v) is 1.08. The monoisotopic (exact) mass is 207 g/mol. The van der Waals surface area contributed by atoms with E-state index in [0.29, 0.717) is 0 Å². The molecule has 4 N–H and O–H groups in total. The molecule has 0 bridgehead atoms. The molecule has 6 heteroatoms. The maximum absolute atomic E-state index is 12.2. The zero-order valence-corrected chi connectivity index (χ0v) is 7.35. The largest absolute Gasteiger partial charge is 0.396 e. The summed E-state index contributed by atoms with van der Waals surface area (Å²) in [6.45, 7) is -0.00782. The molecule has 0 aliphatic heterocycles. The number of halogens is 3. The average Bonchev–Trinajstić information content (AvgIpc) is 2.09. The Labute approximate surface area is 78.7 Å². The van der Waals surface area contributed by atoms with Crippen molar-refractivity contribution in [1.82, 2.24) is 4.98 Å². The van der Waals surface area contributed by atoms with Crippen LogP contribution in [0.5, 0.6) is 0 Å². The third-order valence-electron chi connectivity index (χ3n) is 1.52. The summed E-state index contributed by atoms with van der Waals surface area (Å²) in [5.74, 6) is 0. The Bertz CT molecular complexity index is 317. The van der Waals surface area contributed by atoms with Crippen molar-refractivity contribution in [1.29, 1.82) is 0 Å². The van der Waals surface area contributed by atoms with Crippen LogP contribution < -0.4 is 11.5 Å². The van der Waals surface area contributed by atoms with E-state index in [9.17, 15) is 8.78 Å². The first-order valence-corrected chi connectivity index (χ1v) is 3.87. The van der Waals surface area contributed by atoms with Gasteiger partial charge in [0.2, 0.25) is 0 Å². The lowest BCUT2D eigenvalue weighted by Gasteiger charge is -2.07. The highest BCUT2D eigenvalue weighted by molar-refractivity contribution is 6.33. The molecule has 0 amide bonds. The van der Waals surface area contributed by atoms with Gasteiger partial charge in [-0.15, -0.1) is 0 Å². The van der Waals surface area contributed by atoms with Gasteiger partial charge in [-0.05, 0) is 6.07 Å². The lowest BCUT2D eigenvalue weighted by molar-refractivity contribution is 0.146. The molecule has 0 saturated carbocycles. The van der Waals surface area contributed by atoms with Crippen molar-refractivity contribution in [3.63, 3.8) is 0 Å². The number of nitrogen functional groups attached to an aromatic ring is 1. The maximum Gasteiger partial charge on any atom is 0.280 e. The molecule has 0 aliphatic carbocycles. The van der Waals surface area contributed by atoms with Crippen molar-refractivity contribution in [3.05, 3.63) is 22.5 Å². The predicted octanol–water partition coefficient (Wildman–Crippen LogP) is 1.71. The average molecular weight is 208 g/mol.